The summed E-state index contributed by atoms with van der Waals surface area (Å²) in [5.74, 6) is 0. The van der Waals surface area contributed by atoms with E-state index in [1.807, 2.05) is 0 Å². The van der Waals surface area contributed by atoms with E-state index >= 15 is 0 Å². The van der Waals surface area contributed by atoms with Gasteiger partial charge in [-0.2, -0.15) is 13.2 Å². The molecule has 0 radical (unpaired) electrons. The Morgan fingerprint density at radius 2 is 1.51 bits per heavy atom. The lowest BCUT2D eigenvalue weighted by Gasteiger charge is -2.20. The summed E-state index contributed by atoms with van der Waals surface area (Å²) >= 11 is 0. The fourth-order valence-electron chi connectivity index (χ4n) is 4.14. The van der Waals surface area contributed by atoms with Gasteiger partial charge in [0.1, 0.15) is 12.2 Å². The first-order valence-electron chi connectivity index (χ1n) is 11.9. The van der Waals surface area contributed by atoms with Crippen molar-refractivity contribution >= 4 is 28.4 Å². The molecule has 1 saturated heterocycles. The van der Waals surface area contributed by atoms with Gasteiger partial charge in [0.05, 0.1) is 23.9 Å². The zero-order valence-corrected chi connectivity index (χ0v) is 26.2. The van der Waals surface area contributed by atoms with E-state index < -0.39 is 59.8 Å². The van der Waals surface area contributed by atoms with Crippen molar-refractivity contribution in [3.63, 3.8) is 0 Å². The van der Waals surface area contributed by atoms with Gasteiger partial charge in [-0.3, -0.25) is 18.9 Å². The van der Waals surface area contributed by atoms with Crippen molar-refractivity contribution in [2.24, 2.45) is 0 Å². The number of hydrogen-bond donors (Lipinski definition) is 7. The molecule has 242 valence electrons. The minimum absolute atomic E-state index is 0.0196. The topological polar surface area (TPSA) is 208 Å². The zero-order chi connectivity index (χ0) is 33.3. The summed E-state index contributed by atoms with van der Waals surface area (Å²) in [6, 6.07) is 9.98. The van der Waals surface area contributed by atoms with Crippen LogP contribution in [0.3, 0.4) is 0 Å². The molecule has 1 aliphatic rings. The molecule has 7 unspecified atom stereocenters. The Bertz CT molecular complexity index is 1330. The highest BCUT2D eigenvalue weighted by molar-refractivity contribution is 7.08. The number of halogens is 3. The Kier molecular flexibility index (Phi) is 19.7. The molecule has 3 heterocycles. The lowest BCUT2D eigenvalue weighted by atomic mass is 9.98. The summed E-state index contributed by atoms with van der Waals surface area (Å²) in [7, 11) is 5.25. The Balaban J connectivity index is 0.00000204. The van der Waals surface area contributed by atoms with Crippen LogP contribution >= 0.6 is 28.4 Å². The first-order chi connectivity index (χ1) is 20.6. The van der Waals surface area contributed by atoms with Gasteiger partial charge in [-0.05, 0) is 52.0 Å². The van der Waals surface area contributed by atoms with Gasteiger partial charge < -0.3 is 39.8 Å². The van der Waals surface area contributed by atoms with Crippen LogP contribution in [0.1, 0.15) is 23.9 Å². The maximum absolute atomic E-state index is 14.1. The number of aliphatic hydroxyl groups excluding tert-OH is 4. The molecule has 0 spiro atoms. The largest absolute Gasteiger partial charge is 0.418 e. The van der Waals surface area contributed by atoms with Crippen molar-refractivity contribution in [2.45, 2.75) is 43.7 Å². The summed E-state index contributed by atoms with van der Waals surface area (Å²) in [4.78, 5) is 50.2. The smallest absolute Gasteiger partial charge is 0.400 e. The second-order valence-corrected chi connectivity index (χ2v) is 8.03. The van der Waals surface area contributed by atoms with Crippen molar-refractivity contribution in [1.29, 1.82) is 0 Å². The predicted octanol–water partition coefficient (Wildman–Crippen LogP) is 0.0556. The Labute approximate surface area is 251 Å². The van der Waals surface area contributed by atoms with Gasteiger partial charge in [0.25, 0.3) is 5.56 Å². The number of nitrogens with zero attached hydrogens (tertiary/aromatic N) is 3. The average Bonchev–Trinajstić information content (AvgIpc) is 3.31. The quantitative estimate of drug-likeness (QED) is 0.174. The van der Waals surface area contributed by atoms with Crippen LogP contribution in [0.2, 0.25) is 0 Å². The van der Waals surface area contributed by atoms with Crippen LogP contribution in [0, 0.1) is 0 Å². The van der Waals surface area contributed by atoms with E-state index in [1.54, 1.807) is 18.2 Å². The highest BCUT2D eigenvalue weighted by Gasteiger charge is 2.44. The SMILES string of the molecule is CO.O=c1ccn(C2OC(CCO)C(O)C2O)c(=O)n1Cc1nccc(-c2ccccc2)c1C(F)(F)F.OP.OP.OP. The third kappa shape index (κ3) is 10.4. The number of aromatic nitrogens is 3. The van der Waals surface area contributed by atoms with Gasteiger partial charge in [-0.25, -0.2) is 4.79 Å². The first-order valence-corrected chi connectivity index (χ1v) is 13.5. The van der Waals surface area contributed by atoms with Gasteiger partial charge >= 0.3 is 11.9 Å². The molecule has 0 saturated carbocycles. The average molecular weight is 675 g/mol. The molecule has 19 heteroatoms. The van der Waals surface area contributed by atoms with Gasteiger partial charge in [0, 0.05) is 32.2 Å². The lowest BCUT2D eigenvalue weighted by molar-refractivity contribution is -0.138. The summed E-state index contributed by atoms with van der Waals surface area (Å²) in [5, 5.41) is 36.6. The maximum Gasteiger partial charge on any atom is 0.418 e. The van der Waals surface area contributed by atoms with Gasteiger partial charge in [0.15, 0.2) is 6.23 Å². The number of aliphatic hydroxyl groups is 4. The Morgan fingerprint density at radius 3 is 2.05 bits per heavy atom. The van der Waals surface area contributed by atoms with Crippen LogP contribution in [0.4, 0.5) is 13.2 Å². The zero-order valence-electron chi connectivity index (χ0n) is 22.7. The van der Waals surface area contributed by atoms with E-state index in [0.717, 1.165) is 23.9 Å². The first kappa shape index (κ1) is 40.8. The molecule has 3 aromatic rings. The number of hydrogen-bond acceptors (Lipinski definition) is 11. The molecule has 43 heavy (non-hydrogen) atoms. The van der Waals surface area contributed by atoms with Gasteiger partial charge in [-0.15, -0.1) is 0 Å². The third-order valence-electron chi connectivity index (χ3n) is 5.83. The molecule has 1 aromatic carbocycles. The minimum atomic E-state index is -4.83. The fourth-order valence-corrected chi connectivity index (χ4v) is 4.14. The van der Waals surface area contributed by atoms with Crippen molar-refractivity contribution in [3.05, 3.63) is 87.0 Å². The normalized spacial score (nSPS) is 18.8. The van der Waals surface area contributed by atoms with E-state index in [1.165, 1.54) is 52.8 Å². The number of ether oxygens (including phenoxy) is 1. The maximum atomic E-state index is 14.1. The number of pyridine rings is 1. The molecule has 4 rings (SSSR count). The molecular weight excluding hydrogens is 640 g/mol. The molecule has 2 aromatic heterocycles. The standard InChI is InChI=1S/C23H22F3N3O6.CH4O.3H3OP/c24-23(25,26)18-14(13-4-2-1-3-5-13)6-9-27-15(18)12-29-17(31)7-10-28(22(29)34)21-20(33)19(32)16(35-21)8-11-30;4*1-2/h1-7,9-10,16,19-21,30,32-33H,8,11-12H2;2H,1H3;3*1H,2H2. The molecule has 0 amide bonds. The van der Waals surface area contributed by atoms with Crippen LogP contribution in [0.5, 0.6) is 0 Å². The summed E-state index contributed by atoms with van der Waals surface area (Å²) in [6.07, 6.45) is -8.03. The van der Waals surface area contributed by atoms with E-state index in [4.69, 9.17) is 29.6 Å². The highest BCUT2D eigenvalue weighted by atomic mass is 31.0. The molecule has 7 atom stereocenters. The second-order valence-electron chi connectivity index (χ2n) is 8.03. The third-order valence-corrected chi connectivity index (χ3v) is 5.83. The minimum Gasteiger partial charge on any atom is -0.400 e. The predicted molar refractivity (Wildman–Crippen MR) is 160 cm³/mol. The van der Waals surface area contributed by atoms with Crippen LogP contribution in [0.25, 0.3) is 11.1 Å². The highest BCUT2D eigenvalue weighted by Crippen LogP contribution is 2.39. The van der Waals surface area contributed by atoms with Crippen LogP contribution in [0.15, 0.2) is 64.4 Å². The van der Waals surface area contributed by atoms with Crippen molar-refractivity contribution < 1.29 is 53.0 Å². The Hall–Kier alpha value is -2.19. The fraction of sp³-hybridized carbons (Fsp3) is 0.375. The van der Waals surface area contributed by atoms with Crippen molar-refractivity contribution in [1.82, 2.24) is 14.1 Å². The van der Waals surface area contributed by atoms with Crippen molar-refractivity contribution in [3.8, 4) is 11.1 Å². The van der Waals surface area contributed by atoms with E-state index in [9.17, 15) is 33.0 Å². The molecule has 7 N–H and O–H groups in total. The monoisotopic (exact) mass is 675 g/mol. The van der Waals surface area contributed by atoms with Crippen LogP contribution < -0.4 is 11.2 Å². The lowest BCUT2D eigenvalue weighted by Crippen LogP contribution is -2.43. The Morgan fingerprint density at radius 1 is 0.930 bits per heavy atom. The number of alkyl halides is 3. The van der Waals surface area contributed by atoms with Crippen molar-refractivity contribution in [2.75, 3.05) is 13.7 Å². The van der Waals surface area contributed by atoms with E-state index in [0.29, 0.717) is 4.57 Å². The molecule has 1 fully saturated rings. The second kappa shape index (κ2) is 20.7. The molecule has 13 nitrogen and oxygen atoms in total. The van der Waals surface area contributed by atoms with Crippen LogP contribution in [-0.2, 0) is 17.5 Å². The number of benzene rings is 1. The summed E-state index contributed by atoms with van der Waals surface area (Å²) < 4.78 is 49.2. The molecule has 0 aliphatic carbocycles. The summed E-state index contributed by atoms with van der Waals surface area (Å²) in [6.45, 7) is -1.14. The molecule has 1 aliphatic heterocycles. The van der Waals surface area contributed by atoms with E-state index in [2.05, 4.69) is 4.98 Å². The van der Waals surface area contributed by atoms with Gasteiger partial charge in [0.2, 0.25) is 0 Å². The summed E-state index contributed by atoms with van der Waals surface area (Å²) in [5.41, 5.74) is -3.43. The number of rotatable bonds is 6. The molecular formula is C24H35F3N3O10P3. The van der Waals surface area contributed by atoms with Crippen LogP contribution in [-0.4, -0.2) is 81.3 Å². The van der Waals surface area contributed by atoms with Gasteiger partial charge in [-0.1, -0.05) is 30.3 Å². The van der Waals surface area contributed by atoms with E-state index in [-0.39, 0.29) is 24.2 Å². The molecule has 0 bridgehead atoms.